The Balaban J connectivity index is 1.73. The van der Waals surface area contributed by atoms with Crippen molar-refractivity contribution < 1.29 is 4.79 Å². The monoisotopic (exact) mass is 282 g/mol. The van der Waals surface area contributed by atoms with Gasteiger partial charge in [-0.1, -0.05) is 55.0 Å². The Bertz CT molecular complexity index is 564. The molecule has 0 fully saturated rings. The van der Waals surface area contributed by atoms with Gasteiger partial charge in [0.1, 0.15) is 0 Å². The number of anilines is 1. The van der Waals surface area contributed by atoms with Gasteiger partial charge in [-0.25, -0.2) is 0 Å². The molecule has 0 aromatic heterocycles. The van der Waals surface area contributed by atoms with E-state index in [1.165, 1.54) is 11.1 Å². The second-order valence-electron chi connectivity index (χ2n) is 5.36. The molecule has 1 unspecified atom stereocenters. The molecule has 0 saturated carbocycles. The highest BCUT2D eigenvalue weighted by Gasteiger charge is 2.06. The van der Waals surface area contributed by atoms with Crippen molar-refractivity contribution in [3.8, 4) is 0 Å². The molecule has 0 spiro atoms. The van der Waals surface area contributed by atoms with Crippen molar-refractivity contribution >= 4 is 11.6 Å². The number of carbonyl (C=O) groups excluding carboxylic acids is 1. The van der Waals surface area contributed by atoms with E-state index >= 15 is 0 Å². The molecule has 21 heavy (non-hydrogen) atoms. The second kappa shape index (κ2) is 7.60. The smallest absolute Gasteiger partial charge is 0.238 e. The van der Waals surface area contributed by atoms with Gasteiger partial charge < -0.3 is 10.6 Å². The highest BCUT2D eigenvalue weighted by molar-refractivity contribution is 5.92. The van der Waals surface area contributed by atoms with Crippen LogP contribution >= 0.6 is 0 Å². The number of amides is 1. The number of benzene rings is 2. The van der Waals surface area contributed by atoms with Gasteiger partial charge in [0.25, 0.3) is 0 Å². The van der Waals surface area contributed by atoms with E-state index < -0.39 is 0 Å². The molecule has 3 nitrogen and oxygen atoms in total. The molecule has 2 aromatic rings. The molecule has 110 valence electrons. The Morgan fingerprint density at radius 1 is 1.05 bits per heavy atom. The summed E-state index contributed by atoms with van der Waals surface area (Å²) >= 11 is 0. The van der Waals surface area contributed by atoms with E-state index in [-0.39, 0.29) is 5.91 Å². The highest BCUT2D eigenvalue weighted by atomic mass is 16.1. The number of hydrogen-bond acceptors (Lipinski definition) is 2. The number of nitrogens with one attached hydrogen (secondary N) is 2. The molecule has 2 N–H and O–H groups in total. The van der Waals surface area contributed by atoms with Gasteiger partial charge in [-0.3, -0.25) is 4.79 Å². The van der Waals surface area contributed by atoms with Crippen LogP contribution < -0.4 is 10.6 Å². The molecule has 0 saturated heterocycles. The standard InChI is InChI=1S/C18H22N2O/c1-14-8-10-17(11-9-14)20-18(21)13-19-12-15(2)16-6-4-3-5-7-16/h3-11,15,19H,12-13H2,1-2H3,(H,20,21). The second-order valence-corrected chi connectivity index (χ2v) is 5.36. The van der Waals surface area contributed by atoms with Crippen LogP contribution in [0.3, 0.4) is 0 Å². The zero-order valence-electron chi connectivity index (χ0n) is 12.6. The number of hydrogen-bond donors (Lipinski definition) is 2. The lowest BCUT2D eigenvalue weighted by atomic mass is 10.0. The van der Waals surface area contributed by atoms with Crippen molar-refractivity contribution in [2.45, 2.75) is 19.8 Å². The summed E-state index contributed by atoms with van der Waals surface area (Å²) in [5, 5.41) is 6.08. The third kappa shape index (κ3) is 5.04. The fourth-order valence-corrected chi connectivity index (χ4v) is 2.14. The minimum Gasteiger partial charge on any atom is -0.325 e. The lowest BCUT2D eigenvalue weighted by Crippen LogP contribution is -2.30. The molecule has 3 heteroatoms. The molecular weight excluding hydrogens is 260 g/mol. The van der Waals surface area contributed by atoms with Gasteiger partial charge in [0, 0.05) is 12.2 Å². The predicted molar refractivity (Wildman–Crippen MR) is 87.5 cm³/mol. The first-order chi connectivity index (χ1) is 10.1. The molecule has 0 aliphatic heterocycles. The van der Waals surface area contributed by atoms with Crippen LogP contribution in [0, 0.1) is 6.92 Å². The van der Waals surface area contributed by atoms with Gasteiger partial charge in [0.05, 0.1) is 6.54 Å². The fourth-order valence-electron chi connectivity index (χ4n) is 2.14. The van der Waals surface area contributed by atoms with Crippen molar-refractivity contribution in [3.63, 3.8) is 0 Å². The van der Waals surface area contributed by atoms with Crippen LogP contribution in [0.1, 0.15) is 24.0 Å². The molecule has 0 radical (unpaired) electrons. The Morgan fingerprint density at radius 2 is 1.71 bits per heavy atom. The molecule has 2 aromatic carbocycles. The van der Waals surface area contributed by atoms with Crippen molar-refractivity contribution in [3.05, 3.63) is 65.7 Å². The van der Waals surface area contributed by atoms with Crippen molar-refractivity contribution in [2.24, 2.45) is 0 Å². The Hall–Kier alpha value is -2.13. The summed E-state index contributed by atoms with van der Waals surface area (Å²) < 4.78 is 0. The summed E-state index contributed by atoms with van der Waals surface area (Å²) in [6.45, 7) is 5.29. The quantitative estimate of drug-likeness (QED) is 0.853. The first-order valence-corrected chi connectivity index (χ1v) is 7.27. The summed E-state index contributed by atoms with van der Waals surface area (Å²) in [6.07, 6.45) is 0. The average Bonchev–Trinajstić information content (AvgIpc) is 2.50. The number of carbonyl (C=O) groups is 1. The van der Waals surface area contributed by atoms with Crippen molar-refractivity contribution in [2.75, 3.05) is 18.4 Å². The van der Waals surface area contributed by atoms with E-state index in [1.807, 2.05) is 49.4 Å². The Labute approximate surface area is 126 Å². The maximum atomic E-state index is 11.8. The van der Waals surface area contributed by atoms with Crippen LogP contribution in [0.25, 0.3) is 0 Å². The molecular formula is C18H22N2O. The van der Waals surface area contributed by atoms with E-state index in [1.54, 1.807) is 0 Å². The van der Waals surface area contributed by atoms with Crippen LogP contribution in [0.4, 0.5) is 5.69 Å². The summed E-state index contributed by atoms with van der Waals surface area (Å²) in [4.78, 5) is 11.8. The summed E-state index contributed by atoms with van der Waals surface area (Å²) in [7, 11) is 0. The SMILES string of the molecule is Cc1ccc(NC(=O)CNCC(C)c2ccccc2)cc1. The van der Waals surface area contributed by atoms with E-state index in [2.05, 4.69) is 29.7 Å². The first kappa shape index (κ1) is 15.3. The molecule has 0 bridgehead atoms. The maximum Gasteiger partial charge on any atom is 0.238 e. The van der Waals surface area contributed by atoms with Gasteiger partial charge >= 0.3 is 0 Å². The predicted octanol–water partition coefficient (Wildman–Crippen LogP) is 3.33. The molecule has 0 heterocycles. The van der Waals surface area contributed by atoms with Gasteiger partial charge in [0.15, 0.2) is 0 Å². The van der Waals surface area contributed by atoms with E-state index in [0.717, 1.165) is 12.2 Å². The van der Waals surface area contributed by atoms with Crippen molar-refractivity contribution in [1.82, 2.24) is 5.32 Å². The fraction of sp³-hybridized carbons (Fsp3) is 0.278. The normalized spacial score (nSPS) is 11.9. The largest absolute Gasteiger partial charge is 0.325 e. The lowest BCUT2D eigenvalue weighted by Gasteiger charge is -2.13. The molecule has 1 amide bonds. The van der Waals surface area contributed by atoms with Gasteiger partial charge in [-0.15, -0.1) is 0 Å². The first-order valence-electron chi connectivity index (χ1n) is 7.27. The highest BCUT2D eigenvalue weighted by Crippen LogP contribution is 2.13. The number of aryl methyl sites for hydroxylation is 1. The lowest BCUT2D eigenvalue weighted by molar-refractivity contribution is -0.115. The molecule has 2 rings (SSSR count). The minimum absolute atomic E-state index is 0.0147. The van der Waals surface area contributed by atoms with Crippen molar-refractivity contribution in [1.29, 1.82) is 0 Å². The van der Waals surface area contributed by atoms with Gasteiger partial charge in [0.2, 0.25) is 5.91 Å². The summed E-state index contributed by atoms with van der Waals surface area (Å²) in [5.41, 5.74) is 3.30. The Kier molecular flexibility index (Phi) is 5.52. The van der Waals surface area contributed by atoms with Crippen LogP contribution in [-0.2, 0) is 4.79 Å². The molecule has 0 aliphatic carbocycles. The van der Waals surface area contributed by atoms with Crippen LogP contribution in [0.2, 0.25) is 0 Å². The van der Waals surface area contributed by atoms with Crippen LogP contribution in [0.5, 0.6) is 0 Å². The maximum absolute atomic E-state index is 11.8. The van der Waals surface area contributed by atoms with Crippen LogP contribution in [-0.4, -0.2) is 19.0 Å². The minimum atomic E-state index is -0.0147. The third-order valence-electron chi connectivity index (χ3n) is 3.44. The number of rotatable bonds is 6. The van der Waals surface area contributed by atoms with E-state index in [0.29, 0.717) is 12.5 Å². The average molecular weight is 282 g/mol. The van der Waals surface area contributed by atoms with Crippen LogP contribution in [0.15, 0.2) is 54.6 Å². The Morgan fingerprint density at radius 3 is 2.38 bits per heavy atom. The molecule has 0 aliphatic rings. The zero-order chi connectivity index (χ0) is 15.1. The third-order valence-corrected chi connectivity index (χ3v) is 3.44. The van der Waals surface area contributed by atoms with Gasteiger partial charge in [-0.2, -0.15) is 0 Å². The van der Waals surface area contributed by atoms with E-state index in [9.17, 15) is 4.79 Å². The zero-order valence-corrected chi connectivity index (χ0v) is 12.6. The van der Waals surface area contributed by atoms with E-state index in [4.69, 9.17) is 0 Å². The topological polar surface area (TPSA) is 41.1 Å². The molecule has 1 atom stereocenters. The van der Waals surface area contributed by atoms with Gasteiger partial charge in [-0.05, 0) is 30.5 Å². The summed E-state index contributed by atoms with van der Waals surface area (Å²) in [5.74, 6) is 0.373. The summed E-state index contributed by atoms with van der Waals surface area (Å²) in [6, 6.07) is 18.1.